The first-order chi connectivity index (χ1) is 10.9. The quantitative estimate of drug-likeness (QED) is 0.866. The molecule has 2 rings (SSSR count). The molecule has 2 N–H and O–H groups in total. The Bertz CT molecular complexity index is 550. The fourth-order valence-electron chi connectivity index (χ4n) is 3.24. The third kappa shape index (κ3) is 4.57. The molecule has 0 radical (unpaired) electrons. The van der Waals surface area contributed by atoms with Gasteiger partial charge in [0.15, 0.2) is 0 Å². The summed E-state index contributed by atoms with van der Waals surface area (Å²) in [6, 6.07) is 8.25. The number of carboxylic acid groups (broad SMARTS) is 1. The highest BCUT2D eigenvalue weighted by Crippen LogP contribution is 2.30. The Hall–Kier alpha value is -1.84. The molecule has 1 aliphatic carbocycles. The topological polar surface area (TPSA) is 66.4 Å². The maximum atomic E-state index is 12.4. The highest BCUT2D eigenvalue weighted by atomic mass is 16.4. The van der Waals surface area contributed by atoms with Crippen molar-refractivity contribution in [3.05, 3.63) is 35.4 Å². The summed E-state index contributed by atoms with van der Waals surface area (Å²) < 4.78 is 0. The Balaban J connectivity index is 1.95. The van der Waals surface area contributed by atoms with Crippen molar-refractivity contribution in [2.24, 2.45) is 11.8 Å². The summed E-state index contributed by atoms with van der Waals surface area (Å²) in [6.45, 7) is 6.28. The Morgan fingerprint density at radius 3 is 2.17 bits per heavy atom. The molecule has 1 fully saturated rings. The molecule has 0 spiro atoms. The van der Waals surface area contributed by atoms with Crippen molar-refractivity contribution in [3.8, 4) is 0 Å². The molecule has 3 atom stereocenters. The average Bonchev–Trinajstić information content (AvgIpc) is 2.54. The van der Waals surface area contributed by atoms with Crippen LogP contribution < -0.4 is 5.32 Å². The lowest BCUT2D eigenvalue weighted by molar-refractivity contribution is -0.144. The molecule has 0 aliphatic heterocycles. The Morgan fingerprint density at radius 1 is 1.04 bits per heavy atom. The molecular formula is C19H27NO3. The number of carbonyl (C=O) groups is 2. The van der Waals surface area contributed by atoms with Gasteiger partial charge in [0.05, 0.1) is 12.0 Å². The van der Waals surface area contributed by atoms with Gasteiger partial charge in [-0.2, -0.15) is 0 Å². The SMILES string of the molecule is CC(C)c1ccc(C(C)NC(=O)C2CCCC(C(=O)O)C2)cc1. The first-order valence-corrected chi connectivity index (χ1v) is 8.51. The average molecular weight is 317 g/mol. The zero-order chi connectivity index (χ0) is 17.0. The van der Waals surface area contributed by atoms with Gasteiger partial charge < -0.3 is 10.4 Å². The van der Waals surface area contributed by atoms with E-state index >= 15 is 0 Å². The van der Waals surface area contributed by atoms with Crippen LogP contribution in [-0.4, -0.2) is 17.0 Å². The van der Waals surface area contributed by atoms with Crippen LogP contribution in [0.1, 0.15) is 69.5 Å². The van der Waals surface area contributed by atoms with E-state index in [4.69, 9.17) is 5.11 Å². The van der Waals surface area contributed by atoms with Gasteiger partial charge in [-0.25, -0.2) is 0 Å². The number of nitrogens with one attached hydrogen (secondary N) is 1. The first kappa shape index (κ1) is 17.5. The van der Waals surface area contributed by atoms with Crippen molar-refractivity contribution in [3.63, 3.8) is 0 Å². The van der Waals surface area contributed by atoms with Crippen molar-refractivity contribution < 1.29 is 14.7 Å². The minimum Gasteiger partial charge on any atom is -0.481 e. The highest BCUT2D eigenvalue weighted by Gasteiger charge is 2.31. The predicted molar refractivity (Wildman–Crippen MR) is 90.2 cm³/mol. The molecule has 1 aliphatic rings. The monoisotopic (exact) mass is 317 g/mol. The van der Waals surface area contributed by atoms with Crippen molar-refractivity contribution in [2.75, 3.05) is 0 Å². The van der Waals surface area contributed by atoms with Crippen molar-refractivity contribution in [1.29, 1.82) is 0 Å². The molecule has 0 heterocycles. The molecule has 0 saturated heterocycles. The second kappa shape index (κ2) is 7.62. The summed E-state index contributed by atoms with van der Waals surface area (Å²) in [5.74, 6) is -0.859. The Labute approximate surface area is 138 Å². The van der Waals surface area contributed by atoms with Crippen LogP contribution in [0, 0.1) is 11.8 Å². The third-order valence-electron chi connectivity index (χ3n) is 4.86. The van der Waals surface area contributed by atoms with E-state index in [0.29, 0.717) is 18.8 Å². The standard InChI is InChI=1S/C19H27NO3/c1-12(2)14-7-9-15(10-8-14)13(3)20-18(21)16-5-4-6-17(11-16)19(22)23/h7-10,12-13,16-17H,4-6,11H2,1-3H3,(H,20,21)(H,22,23). The molecule has 1 saturated carbocycles. The van der Waals surface area contributed by atoms with Gasteiger partial charge in [-0.3, -0.25) is 9.59 Å². The maximum Gasteiger partial charge on any atom is 0.306 e. The number of hydrogen-bond acceptors (Lipinski definition) is 2. The Morgan fingerprint density at radius 2 is 1.61 bits per heavy atom. The van der Waals surface area contributed by atoms with E-state index in [1.165, 1.54) is 5.56 Å². The van der Waals surface area contributed by atoms with Crippen molar-refractivity contribution >= 4 is 11.9 Å². The zero-order valence-corrected chi connectivity index (χ0v) is 14.2. The van der Waals surface area contributed by atoms with E-state index in [0.717, 1.165) is 18.4 Å². The molecule has 0 bridgehead atoms. The van der Waals surface area contributed by atoms with Gasteiger partial charge in [0.2, 0.25) is 5.91 Å². The lowest BCUT2D eigenvalue weighted by Crippen LogP contribution is -2.36. The van der Waals surface area contributed by atoms with Crippen LogP contribution in [0.5, 0.6) is 0 Å². The smallest absolute Gasteiger partial charge is 0.306 e. The van der Waals surface area contributed by atoms with Gasteiger partial charge >= 0.3 is 5.97 Å². The second-order valence-corrected chi connectivity index (χ2v) is 6.95. The van der Waals surface area contributed by atoms with E-state index < -0.39 is 5.97 Å². The predicted octanol–water partition coefficient (Wildman–Crippen LogP) is 3.88. The minimum absolute atomic E-state index is 0.0172. The summed E-state index contributed by atoms with van der Waals surface area (Å²) >= 11 is 0. The van der Waals surface area contributed by atoms with Gasteiger partial charge in [-0.15, -0.1) is 0 Å². The third-order valence-corrected chi connectivity index (χ3v) is 4.86. The van der Waals surface area contributed by atoms with Gasteiger partial charge in [-0.1, -0.05) is 44.5 Å². The van der Waals surface area contributed by atoms with E-state index in [1.807, 2.05) is 6.92 Å². The molecule has 1 aromatic carbocycles. The van der Waals surface area contributed by atoms with Crippen molar-refractivity contribution in [2.45, 2.75) is 58.4 Å². The van der Waals surface area contributed by atoms with Gasteiger partial charge in [0, 0.05) is 5.92 Å². The lowest BCUT2D eigenvalue weighted by atomic mass is 9.81. The van der Waals surface area contributed by atoms with E-state index in [1.54, 1.807) is 0 Å². The number of carbonyl (C=O) groups excluding carboxylic acids is 1. The largest absolute Gasteiger partial charge is 0.481 e. The van der Waals surface area contributed by atoms with Crippen LogP contribution in [0.15, 0.2) is 24.3 Å². The molecule has 1 aromatic rings. The molecule has 4 nitrogen and oxygen atoms in total. The van der Waals surface area contributed by atoms with Crippen molar-refractivity contribution in [1.82, 2.24) is 5.32 Å². The summed E-state index contributed by atoms with van der Waals surface area (Å²) in [6.07, 6.45) is 2.74. The summed E-state index contributed by atoms with van der Waals surface area (Å²) in [7, 11) is 0. The van der Waals surface area contributed by atoms with Crippen LogP contribution >= 0.6 is 0 Å². The van der Waals surface area contributed by atoms with E-state index in [9.17, 15) is 9.59 Å². The molecule has 126 valence electrons. The van der Waals surface area contributed by atoms with Gasteiger partial charge in [-0.05, 0) is 43.2 Å². The van der Waals surface area contributed by atoms with E-state index in [-0.39, 0.29) is 23.8 Å². The number of aliphatic carboxylic acids is 1. The molecule has 4 heteroatoms. The van der Waals surface area contributed by atoms with Gasteiger partial charge in [0.1, 0.15) is 0 Å². The summed E-state index contributed by atoms with van der Waals surface area (Å²) in [5.41, 5.74) is 2.36. The molecule has 23 heavy (non-hydrogen) atoms. The summed E-state index contributed by atoms with van der Waals surface area (Å²) in [4.78, 5) is 23.5. The van der Waals surface area contributed by atoms with Crippen LogP contribution in [0.4, 0.5) is 0 Å². The summed E-state index contributed by atoms with van der Waals surface area (Å²) in [5, 5.41) is 12.2. The molecule has 1 amide bonds. The molecule has 0 aromatic heterocycles. The number of carboxylic acids is 1. The van der Waals surface area contributed by atoms with E-state index in [2.05, 4.69) is 43.4 Å². The van der Waals surface area contributed by atoms with Crippen LogP contribution in [0.3, 0.4) is 0 Å². The normalized spacial score (nSPS) is 22.6. The maximum absolute atomic E-state index is 12.4. The second-order valence-electron chi connectivity index (χ2n) is 6.95. The lowest BCUT2D eigenvalue weighted by Gasteiger charge is -2.27. The number of hydrogen-bond donors (Lipinski definition) is 2. The minimum atomic E-state index is -0.778. The molecular weight excluding hydrogens is 290 g/mol. The van der Waals surface area contributed by atoms with Gasteiger partial charge in [0.25, 0.3) is 0 Å². The van der Waals surface area contributed by atoms with Crippen LogP contribution in [-0.2, 0) is 9.59 Å². The number of rotatable bonds is 5. The highest BCUT2D eigenvalue weighted by molar-refractivity contribution is 5.80. The zero-order valence-electron chi connectivity index (χ0n) is 14.2. The Kier molecular flexibility index (Phi) is 5.80. The molecule has 3 unspecified atom stereocenters. The fraction of sp³-hybridized carbons (Fsp3) is 0.579. The first-order valence-electron chi connectivity index (χ1n) is 8.51. The fourth-order valence-corrected chi connectivity index (χ4v) is 3.24. The van der Waals surface area contributed by atoms with Crippen LogP contribution in [0.2, 0.25) is 0 Å². The van der Waals surface area contributed by atoms with Crippen LogP contribution in [0.25, 0.3) is 0 Å². The number of benzene rings is 1. The number of amides is 1.